The van der Waals surface area contributed by atoms with E-state index in [4.69, 9.17) is 32.6 Å². The molecule has 3 aliphatic rings. The van der Waals surface area contributed by atoms with Crippen molar-refractivity contribution in [2.75, 3.05) is 39.6 Å². The standard InChI is InChI=1S/C23H30FN2O8PS2.C19H34O2S2Si.C10H13FN2O5/c1-22(2,10-12-27)37-36-17-7-5-4-6-15(17)9-13-31-35(30)32-14-16-19(34-35)23(3,24)20(33-16)26-11-8-18(28)25-21(26)29;1-18(2,3)24(6,7)21-15-13-19(4,5)23-22-17-11-9-8-10-16(17)12-14-20;1-10(11)7(16)5(4-14)18-8(10)13-3-2-6(15)12-9(13)17/h4-8,11,16,19-20,27H,9-10,12-14H2,1-3H3,(H,25,28,29);8-11,20H,12-15H2,1-7H3;2-3,5,7-8,14,16H,4H2,1H3,(H,12,15,17)/t16-,19-,20-,23-,35?;;5-,7-,8-,10-/m1.1/s1. The molecule has 27 heteroatoms. The minimum absolute atomic E-state index is 0.00357. The molecule has 0 amide bonds. The van der Waals surface area contributed by atoms with Crippen molar-refractivity contribution in [2.45, 2.75) is 174 Å². The van der Waals surface area contributed by atoms with Gasteiger partial charge in [-0.25, -0.2) is 22.9 Å². The van der Waals surface area contributed by atoms with Gasteiger partial charge < -0.3 is 34.3 Å². The summed E-state index contributed by atoms with van der Waals surface area (Å²) in [5, 5.41) is 37.3. The maximum Gasteiger partial charge on any atom is 0.475 e. The molecule has 1 unspecified atom stereocenters. The number of halogens is 2. The molecule has 6 N–H and O–H groups in total. The zero-order valence-electron chi connectivity index (χ0n) is 46.5. The van der Waals surface area contributed by atoms with Gasteiger partial charge in [0, 0.05) is 63.6 Å². The van der Waals surface area contributed by atoms with Gasteiger partial charge in [0.15, 0.2) is 32.1 Å². The van der Waals surface area contributed by atoms with Crippen LogP contribution >= 0.6 is 51.0 Å². The molecule has 2 aromatic heterocycles. The number of phosphoric ester groups is 1. The van der Waals surface area contributed by atoms with Crippen LogP contribution in [0.4, 0.5) is 8.78 Å². The molecule has 0 aliphatic carbocycles. The number of phosphoric acid groups is 1. The van der Waals surface area contributed by atoms with Gasteiger partial charge in [0.05, 0.1) is 19.8 Å². The maximum absolute atomic E-state index is 15.8. The molecule has 0 radical (unpaired) electrons. The van der Waals surface area contributed by atoms with E-state index in [0.717, 1.165) is 70.5 Å². The fraction of sp³-hybridized carbons (Fsp3) is 0.615. The fourth-order valence-corrected chi connectivity index (χ4v) is 15.6. The number of alkyl halides is 2. The molecule has 19 nitrogen and oxygen atoms in total. The summed E-state index contributed by atoms with van der Waals surface area (Å²) in [5.41, 5.74) is -5.25. The number of nitrogens with one attached hydrogen (secondary N) is 2. The lowest BCUT2D eigenvalue weighted by Gasteiger charge is -2.37. The van der Waals surface area contributed by atoms with Crippen LogP contribution in [0.25, 0.3) is 0 Å². The molecule has 7 rings (SSSR count). The number of aromatic amines is 2. The van der Waals surface area contributed by atoms with Gasteiger partial charge in [0.2, 0.25) is 0 Å². The normalized spacial score (nSPS) is 26.2. The Balaban J connectivity index is 0.000000235. The van der Waals surface area contributed by atoms with Crippen LogP contribution in [0.15, 0.2) is 102 Å². The second kappa shape index (κ2) is 28.1. The zero-order chi connectivity index (χ0) is 58.8. The summed E-state index contributed by atoms with van der Waals surface area (Å²) in [7, 11) is 1.20. The van der Waals surface area contributed by atoms with Crippen molar-refractivity contribution in [3.8, 4) is 0 Å². The van der Waals surface area contributed by atoms with E-state index in [1.54, 1.807) is 21.6 Å². The molecule has 3 aliphatic heterocycles. The first-order chi connectivity index (χ1) is 36.8. The molecule has 3 fully saturated rings. The number of H-pyrrole nitrogens is 2. The summed E-state index contributed by atoms with van der Waals surface area (Å²) in [6.45, 7) is 22.7. The molecule has 0 saturated carbocycles. The van der Waals surface area contributed by atoms with Crippen LogP contribution in [0.1, 0.15) is 98.7 Å². The van der Waals surface area contributed by atoms with Crippen molar-refractivity contribution in [2.24, 2.45) is 0 Å². The minimum atomic E-state index is -4.11. The van der Waals surface area contributed by atoms with Crippen LogP contribution in [0.5, 0.6) is 0 Å². The number of nitrogens with zero attached hydrogens (tertiary/aromatic N) is 2. The first kappa shape index (κ1) is 66.9. The maximum atomic E-state index is 15.8. The lowest BCUT2D eigenvalue weighted by atomic mass is 9.98. The predicted octanol–water partition coefficient (Wildman–Crippen LogP) is 8.51. The van der Waals surface area contributed by atoms with E-state index in [9.17, 15) is 43.5 Å². The van der Waals surface area contributed by atoms with Gasteiger partial charge in [0.25, 0.3) is 11.1 Å². The number of aliphatic hydroxyl groups excluding tert-OH is 4. The number of ether oxygens (including phenoxy) is 2. The number of benzene rings is 2. The van der Waals surface area contributed by atoms with E-state index < -0.39 is 93.5 Å². The highest BCUT2D eigenvalue weighted by Crippen LogP contribution is 2.59. The third-order valence-electron chi connectivity index (χ3n) is 13.8. The second-order valence-corrected chi connectivity index (χ2v) is 34.4. The van der Waals surface area contributed by atoms with E-state index in [1.807, 2.05) is 56.9 Å². The number of hydrogen-bond donors (Lipinski definition) is 6. The van der Waals surface area contributed by atoms with E-state index in [2.05, 4.69) is 84.7 Å². The Morgan fingerprint density at radius 3 is 1.72 bits per heavy atom. The molecule has 4 aromatic rings. The number of aliphatic hydroxyl groups is 4. The Kier molecular flexibility index (Phi) is 23.8. The van der Waals surface area contributed by atoms with Crippen molar-refractivity contribution in [3.05, 3.63) is 126 Å². The highest BCUT2D eigenvalue weighted by atomic mass is 33.1. The number of rotatable bonds is 21. The average molecular weight is 1220 g/mol. The van der Waals surface area contributed by atoms with Gasteiger partial charge in [-0.15, -0.1) is 0 Å². The highest BCUT2D eigenvalue weighted by Gasteiger charge is 2.62. The van der Waals surface area contributed by atoms with Gasteiger partial charge in [-0.1, -0.05) is 100 Å². The lowest BCUT2D eigenvalue weighted by Crippen LogP contribution is -2.46. The van der Waals surface area contributed by atoms with E-state index in [-0.39, 0.29) is 41.0 Å². The largest absolute Gasteiger partial charge is 0.475 e. The highest BCUT2D eigenvalue weighted by molar-refractivity contribution is 8.77. The summed E-state index contributed by atoms with van der Waals surface area (Å²) in [6, 6.07) is 18.2. The molecule has 0 bridgehead atoms. The van der Waals surface area contributed by atoms with Gasteiger partial charge in [-0.3, -0.25) is 42.3 Å². The van der Waals surface area contributed by atoms with Crippen LogP contribution in [0.2, 0.25) is 18.1 Å². The van der Waals surface area contributed by atoms with E-state index in [1.165, 1.54) is 17.4 Å². The molecule has 9 atom stereocenters. The Morgan fingerprint density at radius 2 is 1.24 bits per heavy atom. The molecular weight excluding hydrogens is 1150 g/mol. The summed E-state index contributed by atoms with van der Waals surface area (Å²) >= 11 is 0. The Hall–Kier alpha value is -2.89. The average Bonchev–Trinajstić information content (AvgIpc) is 3.98. The minimum Gasteiger partial charge on any atom is -0.417 e. The van der Waals surface area contributed by atoms with Crippen LogP contribution in [-0.4, -0.2) is 133 Å². The van der Waals surface area contributed by atoms with Crippen molar-refractivity contribution in [1.29, 1.82) is 0 Å². The van der Waals surface area contributed by atoms with Crippen LogP contribution in [0.3, 0.4) is 0 Å². The quantitative estimate of drug-likeness (QED) is 0.0259. The number of hydrogen-bond acceptors (Lipinski definition) is 19. The van der Waals surface area contributed by atoms with Crippen molar-refractivity contribution >= 4 is 59.3 Å². The lowest BCUT2D eigenvalue weighted by molar-refractivity contribution is -0.0724. The third-order valence-corrected chi connectivity index (χ3v) is 26.7. The molecule has 5 heterocycles. The number of aromatic nitrogens is 4. The van der Waals surface area contributed by atoms with Crippen LogP contribution < -0.4 is 22.5 Å². The smallest absolute Gasteiger partial charge is 0.417 e. The van der Waals surface area contributed by atoms with Crippen molar-refractivity contribution in [3.63, 3.8) is 0 Å². The molecule has 2 aromatic carbocycles. The molecular formula is C52H77F2N4O15PS4Si. The summed E-state index contributed by atoms with van der Waals surface area (Å²) in [6.07, 6.45) is -2.71. The molecule has 442 valence electrons. The second-order valence-electron chi connectivity index (χ2n) is 22.2. The Morgan fingerprint density at radius 1 is 0.734 bits per heavy atom. The summed E-state index contributed by atoms with van der Waals surface area (Å²) in [4.78, 5) is 52.3. The third kappa shape index (κ3) is 18.1. The van der Waals surface area contributed by atoms with Gasteiger partial charge >= 0.3 is 19.2 Å². The van der Waals surface area contributed by atoms with Gasteiger partial charge in [-0.2, -0.15) is 0 Å². The molecule has 79 heavy (non-hydrogen) atoms. The predicted molar refractivity (Wildman–Crippen MR) is 309 cm³/mol. The summed E-state index contributed by atoms with van der Waals surface area (Å²) < 4.78 is 78.6. The van der Waals surface area contributed by atoms with Crippen LogP contribution in [-0.2, 0) is 44.9 Å². The monoisotopic (exact) mass is 1220 g/mol. The fourth-order valence-electron chi connectivity index (χ4n) is 7.91. The van der Waals surface area contributed by atoms with Crippen LogP contribution in [0, 0.1) is 0 Å². The Labute approximate surface area is 476 Å². The SMILES string of the molecule is CC(C)(CCO)SSc1ccccc1CCOP1(=O)OC[C@H]2O[C@@H](n3ccc(=O)[nH]c3=O)[C@](C)(F)[C@@H]2O1.CC(C)(CCO[Si](C)(C)C(C)(C)C)SSc1ccccc1CCO.C[C@@]1(F)[C@H](O)[C@@H](CO)O[C@H]1n1ccc(=O)[nH]c1=O. The summed E-state index contributed by atoms with van der Waals surface area (Å²) in [5.74, 6) is 0. The molecule has 0 spiro atoms. The van der Waals surface area contributed by atoms with E-state index in [0.29, 0.717) is 12.8 Å². The van der Waals surface area contributed by atoms with Crippen molar-refractivity contribution < 1.29 is 61.2 Å². The van der Waals surface area contributed by atoms with E-state index >= 15 is 4.39 Å². The first-order valence-corrected chi connectivity index (χ1v) is 34.4. The Bertz CT molecular complexity index is 2920. The first-order valence-electron chi connectivity index (χ1n) is 25.7. The zero-order valence-corrected chi connectivity index (χ0v) is 51.6. The topological polar surface area (TPSA) is 263 Å². The molecule has 3 saturated heterocycles. The van der Waals surface area contributed by atoms with Gasteiger partial charge in [-0.05, 0) is 109 Å². The number of fused-ring (bicyclic) bond motifs is 1. The van der Waals surface area contributed by atoms with Crippen molar-refractivity contribution in [1.82, 2.24) is 19.1 Å². The van der Waals surface area contributed by atoms with Gasteiger partial charge in [0.1, 0.15) is 24.4 Å².